The summed E-state index contributed by atoms with van der Waals surface area (Å²) in [6.07, 6.45) is 9.01. The zero-order valence-electron chi connectivity index (χ0n) is 23.1. The van der Waals surface area contributed by atoms with Gasteiger partial charge in [-0.25, -0.2) is 8.42 Å². The van der Waals surface area contributed by atoms with E-state index in [9.17, 15) is 18.5 Å². The molecule has 0 unspecified atom stereocenters. The van der Waals surface area contributed by atoms with Gasteiger partial charge in [0.1, 0.15) is 12.4 Å². The van der Waals surface area contributed by atoms with E-state index in [0.717, 1.165) is 42.7 Å². The van der Waals surface area contributed by atoms with Crippen LogP contribution in [0.5, 0.6) is 5.75 Å². The Morgan fingerprint density at radius 3 is 2.60 bits per heavy atom. The minimum absolute atomic E-state index is 0.0234. The number of sulfonamides is 1. The number of aromatic nitrogens is 3. The van der Waals surface area contributed by atoms with E-state index in [2.05, 4.69) is 15.0 Å². The Bertz CT molecular complexity index is 2060. The Hall–Kier alpha value is -5.13. The van der Waals surface area contributed by atoms with Crippen LogP contribution in [0, 0.1) is 10.1 Å². The van der Waals surface area contributed by atoms with Crippen molar-refractivity contribution in [3.05, 3.63) is 126 Å². The van der Waals surface area contributed by atoms with E-state index in [4.69, 9.17) is 4.74 Å². The van der Waals surface area contributed by atoms with E-state index in [-0.39, 0.29) is 11.5 Å². The summed E-state index contributed by atoms with van der Waals surface area (Å²) in [5.41, 5.74) is 3.12. The van der Waals surface area contributed by atoms with Crippen molar-refractivity contribution in [1.29, 1.82) is 0 Å². The number of para-hydroxylation sites is 2. The number of aromatic amines is 1. The van der Waals surface area contributed by atoms with E-state index in [1.165, 1.54) is 31.3 Å². The van der Waals surface area contributed by atoms with Crippen molar-refractivity contribution in [3.8, 4) is 16.9 Å². The number of rotatable bonds is 10. The molecule has 0 aliphatic heterocycles. The topological polar surface area (TPSA) is 131 Å². The van der Waals surface area contributed by atoms with Crippen molar-refractivity contribution in [1.82, 2.24) is 19.3 Å². The van der Waals surface area contributed by atoms with Gasteiger partial charge in [-0.05, 0) is 53.3 Å². The van der Waals surface area contributed by atoms with E-state index in [1.807, 2.05) is 60.8 Å². The molecule has 0 radical (unpaired) electrons. The van der Waals surface area contributed by atoms with Gasteiger partial charge >= 0.3 is 0 Å². The van der Waals surface area contributed by atoms with Crippen molar-refractivity contribution in [2.75, 3.05) is 13.7 Å². The number of hydrogen-bond donors (Lipinski definition) is 1. The standard InChI is InChI=1S/C32H27N5O5S/c1-36(43(40,41)32-9-5-4-8-31(32)37(38)39)27(15-26-19-35-30-7-3-2-6-29(26)30)21-42-28-16-25(18-34-20-28)22-10-11-24-17-33-13-12-23(24)14-22/h2-14,16-20,27,35H,15,21H2,1H3/t27-/m0/s1. The highest BCUT2D eigenvalue weighted by Gasteiger charge is 2.34. The average molecular weight is 594 g/mol. The van der Waals surface area contributed by atoms with Crippen LogP contribution in [-0.4, -0.2) is 52.3 Å². The van der Waals surface area contributed by atoms with Gasteiger partial charge in [-0.1, -0.05) is 42.5 Å². The summed E-state index contributed by atoms with van der Waals surface area (Å²) in [6, 6.07) is 22.2. The SMILES string of the molecule is CN([C@H](COc1cncc(-c2ccc3cnccc3c2)c1)Cc1c[nH]c2ccccc12)S(=O)(=O)c1ccccc1[N+](=O)[O-]. The first kappa shape index (κ1) is 28.0. The number of likely N-dealkylation sites (N-methyl/N-ethyl adjacent to an activating group) is 1. The summed E-state index contributed by atoms with van der Waals surface area (Å²) in [5.74, 6) is 0.466. The second-order valence-corrected chi connectivity index (χ2v) is 12.1. The maximum atomic E-state index is 13.8. The highest BCUT2D eigenvalue weighted by Crippen LogP contribution is 2.30. The van der Waals surface area contributed by atoms with Gasteiger partial charge in [-0.15, -0.1) is 0 Å². The number of hydrogen-bond acceptors (Lipinski definition) is 7. The van der Waals surface area contributed by atoms with Crippen molar-refractivity contribution < 1.29 is 18.1 Å². The zero-order valence-corrected chi connectivity index (χ0v) is 23.9. The minimum atomic E-state index is -4.27. The highest BCUT2D eigenvalue weighted by molar-refractivity contribution is 7.89. The molecule has 3 aromatic carbocycles. The Balaban J connectivity index is 1.31. The predicted octanol–water partition coefficient (Wildman–Crippen LogP) is 6.00. The van der Waals surface area contributed by atoms with Gasteiger partial charge in [0.25, 0.3) is 5.69 Å². The largest absolute Gasteiger partial charge is 0.490 e. The second kappa shape index (κ2) is 11.6. The van der Waals surface area contributed by atoms with Crippen LogP contribution in [0.2, 0.25) is 0 Å². The molecule has 0 amide bonds. The van der Waals surface area contributed by atoms with Crippen LogP contribution in [0.25, 0.3) is 32.8 Å². The second-order valence-electron chi connectivity index (χ2n) is 10.1. The number of fused-ring (bicyclic) bond motifs is 2. The molecular formula is C32H27N5O5S. The Labute approximate surface area is 247 Å². The summed E-state index contributed by atoms with van der Waals surface area (Å²) in [6.45, 7) is -0.0234. The van der Waals surface area contributed by atoms with Gasteiger partial charge in [0.2, 0.25) is 10.0 Å². The molecule has 6 aromatic rings. The van der Waals surface area contributed by atoms with Crippen LogP contribution in [0.4, 0.5) is 5.69 Å². The van der Waals surface area contributed by atoms with Gasteiger partial charge in [-0.3, -0.25) is 20.1 Å². The smallest absolute Gasteiger partial charge is 0.289 e. The lowest BCUT2D eigenvalue weighted by molar-refractivity contribution is -0.387. The van der Waals surface area contributed by atoms with E-state index in [0.29, 0.717) is 12.2 Å². The molecule has 0 bridgehead atoms. The van der Waals surface area contributed by atoms with Gasteiger partial charge in [0, 0.05) is 59.8 Å². The zero-order chi connectivity index (χ0) is 30.0. The fourth-order valence-electron chi connectivity index (χ4n) is 5.14. The number of benzene rings is 3. The third-order valence-electron chi connectivity index (χ3n) is 7.49. The number of nitrogens with zero attached hydrogens (tertiary/aromatic N) is 4. The summed E-state index contributed by atoms with van der Waals surface area (Å²) in [4.78, 5) is 22.4. The van der Waals surface area contributed by atoms with Gasteiger partial charge in [0.15, 0.2) is 4.90 Å². The average Bonchev–Trinajstić information content (AvgIpc) is 3.45. The van der Waals surface area contributed by atoms with Crippen LogP contribution in [-0.2, 0) is 16.4 Å². The fraction of sp³-hybridized carbons (Fsp3) is 0.125. The number of ether oxygens (including phenoxy) is 1. The normalized spacial score (nSPS) is 12.5. The first-order valence-electron chi connectivity index (χ1n) is 13.5. The van der Waals surface area contributed by atoms with Crippen LogP contribution < -0.4 is 4.74 Å². The number of nitrogens with one attached hydrogen (secondary N) is 1. The molecule has 0 spiro atoms. The first-order valence-corrected chi connectivity index (χ1v) is 14.9. The number of pyridine rings is 2. The monoisotopic (exact) mass is 593 g/mol. The lowest BCUT2D eigenvalue weighted by Gasteiger charge is -2.27. The summed E-state index contributed by atoms with van der Waals surface area (Å²) >= 11 is 0. The number of H-pyrrole nitrogens is 1. The molecule has 0 fully saturated rings. The van der Waals surface area contributed by atoms with Gasteiger partial charge < -0.3 is 9.72 Å². The van der Waals surface area contributed by atoms with Gasteiger partial charge in [0.05, 0.1) is 17.2 Å². The predicted molar refractivity (Wildman–Crippen MR) is 164 cm³/mol. The molecule has 0 aliphatic rings. The first-order chi connectivity index (χ1) is 20.8. The van der Waals surface area contributed by atoms with E-state index >= 15 is 0 Å². The van der Waals surface area contributed by atoms with E-state index < -0.39 is 26.7 Å². The third-order valence-corrected chi connectivity index (χ3v) is 9.45. The molecule has 11 heteroatoms. The van der Waals surface area contributed by atoms with Crippen LogP contribution in [0.15, 0.2) is 115 Å². The van der Waals surface area contributed by atoms with Crippen LogP contribution in [0.3, 0.4) is 0 Å². The Kier molecular flexibility index (Phi) is 7.58. The molecule has 1 atom stereocenters. The number of nitro groups is 1. The molecular weight excluding hydrogens is 566 g/mol. The third kappa shape index (κ3) is 5.68. The quantitative estimate of drug-likeness (QED) is 0.152. The molecule has 3 aromatic heterocycles. The highest BCUT2D eigenvalue weighted by atomic mass is 32.2. The van der Waals surface area contributed by atoms with Crippen molar-refractivity contribution in [2.24, 2.45) is 0 Å². The van der Waals surface area contributed by atoms with Crippen molar-refractivity contribution in [2.45, 2.75) is 17.4 Å². The number of nitro benzene ring substituents is 1. The van der Waals surface area contributed by atoms with Crippen LogP contribution >= 0.6 is 0 Å². The molecule has 216 valence electrons. The minimum Gasteiger partial charge on any atom is -0.490 e. The summed E-state index contributed by atoms with van der Waals surface area (Å²) in [7, 11) is -2.84. The fourth-order valence-corrected chi connectivity index (χ4v) is 6.63. The Morgan fingerprint density at radius 2 is 1.74 bits per heavy atom. The maximum absolute atomic E-state index is 13.8. The van der Waals surface area contributed by atoms with Crippen molar-refractivity contribution >= 4 is 37.4 Å². The van der Waals surface area contributed by atoms with E-state index in [1.54, 1.807) is 24.8 Å². The molecule has 0 saturated carbocycles. The molecule has 0 aliphatic carbocycles. The molecule has 0 saturated heterocycles. The van der Waals surface area contributed by atoms with Crippen LogP contribution in [0.1, 0.15) is 5.56 Å². The lowest BCUT2D eigenvalue weighted by atomic mass is 10.0. The summed E-state index contributed by atoms with van der Waals surface area (Å²) < 4.78 is 34.9. The Morgan fingerprint density at radius 1 is 0.930 bits per heavy atom. The molecule has 10 nitrogen and oxygen atoms in total. The molecule has 43 heavy (non-hydrogen) atoms. The van der Waals surface area contributed by atoms with Gasteiger partial charge in [-0.2, -0.15) is 4.31 Å². The maximum Gasteiger partial charge on any atom is 0.289 e. The lowest BCUT2D eigenvalue weighted by Crippen LogP contribution is -2.42. The molecule has 3 heterocycles. The summed E-state index contributed by atoms with van der Waals surface area (Å²) in [5, 5.41) is 14.7. The molecule has 6 rings (SSSR count). The molecule has 1 N–H and O–H groups in total. The van der Waals surface area contributed by atoms with Crippen molar-refractivity contribution in [3.63, 3.8) is 0 Å².